The van der Waals surface area contributed by atoms with Crippen molar-refractivity contribution in [3.63, 3.8) is 0 Å². The van der Waals surface area contributed by atoms with Crippen LogP contribution in [-0.4, -0.2) is 56.9 Å². The topological polar surface area (TPSA) is 173 Å². The van der Waals surface area contributed by atoms with Crippen molar-refractivity contribution >= 4 is 29.2 Å². The van der Waals surface area contributed by atoms with Crippen LogP contribution in [0.15, 0.2) is 71.8 Å². The van der Waals surface area contributed by atoms with Crippen molar-refractivity contribution in [2.45, 2.75) is 45.9 Å². The summed E-state index contributed by atoms with van der Waals surface area (Å²) >= 11 is 0. The Morgan fingerprint density at radius 1 is 0.976 bits per heavy atom. The number of hydrogen-bond donors (Lipinski definition) is 3. The highest BCUT2D eigenvalue weighted by Gasteiger charge is 2.27. The molecule has 0 aliphatic heterocycles. The molecule has 0 saturated heterocycles. The van der Waals surface area contributed by atoms with Crippen LogP contribution in [-0.2, 0) is 43.7 Å². The summed E-state index contributed by atoms with van der Waals surface area (Å²) in [5, 5.41) is 2.59. The Labute approximate surface area is 242 Å². The molecule has 0 spiro atoms. The molecule has 4 N–H and O–H groups in total. The summed E-state index contributed by atoms with van der Waals surface area (Å²) in [6, 6.07) is 17.8. The molecule has 0 fully saturated rings. The highest BCUT2D eigenvalue weighted by atomic mass is 16.6. The highest BCUT2D eigenvalue weighted by molar-refractivity contribution is 5.81. The summed E-state index contributed by atoms with van der Waals surface area (Å²) in [7, 11) is 0. The number of esters is 1. The Morgan fingerprint density at radius 2 is 1.64 bits per heavy atom. The number of aromatic amines is 1. The van der Waals surface area contributed by atoms with Gasteiger partial charge in [0, 0.05) is 0 Å². The van der Waals surface area contributed by atoms with E-state index in [2.05, 4.69) is 20.3 Å². The van der Waals surface area contributed by atoms with Crippen LogP contribution >= 0.6 is 0 Å². The Bertz CT molecular complexity index is 1510. The molecule has 0 aliphatic rings. The van der Waals surface area contributed by atoms with Crippen molar-refractivity contribution < 1.29 is 28.5 Å². The maximum absolute atomic E-state index is 13.0. The number of aromatic nitrogens is 4. The van der Waals surface area contributed by atoms with Crippen LogP contribution in [0.4, 0.5) is 10.7 Å². The summed E-state index contributed by atoms with van der Waals surface area (Å²) in [6.45, 7) is 3.80. The summed E-state index contributed by atoms with van der Waals surface area (Å²) < 4.78 is 24.2. The predicted octanol–water partition coefficient (Wildman–Crippen LogP) is 2.76. The minimum absolute atomic E-state index is 0.0551. The van der Waals surface area contributed by atoms with Crippen molar-refractivity contribution in [1.29, 1.82) is 0 Å². The van der Waals surface area contributed by atoms with E-state index in [1.807, 2.05) is 60.7 Å². The van der Waals surface area contributed by atoms with Gasteiger partial charge in [-0.25, -0.2) is 14.6 Å². The lowest BCUT2D eigenvalue weighted by Gasteiger charge is -2.23. The van der Waals surface area contributed by atoms with Gasteiger partial charge in [-0.05, 0) is 17.0 Å². The number of rotatable bonds is 14. The van der Waals surface area contributed by atoms with Crippen LogP contribution in [0.3, 0.4) is 0 Å². The maximum atomic E-state index is 13.0. The van der Waals surface area contributed by atoms with Gasteiger partial charge in [-0.1, -0.05) is 74.5 Å². The Kier molecular flexibility index (Phi) is 10.6. The number of ether oxygens (including phenoxy) is 4. The van der Waals surface area contributed by atoms with Crippen molar-refractivity contribution in [1.82, 2.24) is 24.8 Å². The number of alkyl carbamates (subject to hydrolysis) is 1. The molecular formula is C29H34N6O7. The van der Waals surface area contributed by atoms with Crippen LogP contribution in [0.1, 0.15) is 25.0 Å². The molecule has 222 valence electrons. The summed E-state index contributed by atoms with van der Waals surface area (Å²) in [5.41, 5.74) is 7.35. The largest absolute Gasteiger partial charge is 0.461 e. The van der Waals surface area contributed by atoms with E-state index in [1.165, 1.54) is 10.9 Å². The molecule has 0 bridgehead atoms. The van der Waals surface area contributed by atoms with E-state index in [0.717, 1.165) is 11.1 Å². The molecule has 13 heteroatoms. The first-order valence-corrected chi connectivity index (χ1v) is 13.4. The lowest BCUT2D eigenvalue weighted by Crippen LogP contribution is -2.46. The molecule has 2 atom stereocenters. The van der Waals surface area contributed by atoms with Crippen molar-refractivity contribution in [3.05, 3.63) is 88.5 Å². The first-order chi connectivity index (χ1) is 20.3. The lowest BCUT2D eigenvalue weighted by molar-refractivity contribution is -0.155. The Balaban J connectivity index is 1.36. The number of carbonyl (C=O) groups is 2. The molecule has 0 radical (unpaired) electrons. The van der Waals surface area contributed by atoms with Gasteiger partial charge in [0.15, 0.2) is 11.2 Å². The monoisotopic (exact) mass is 578 g/mol. The smallest absolute Gasteiger partial charge is 0.408 e. The van der Waals surface area contributed by atoms with E-state index >= 15 is 0 Å². The van der Waals surface area contributed by atoms with E-state index in [1.54, 1.807) is 13.8 Å². The van der Waals surface area contributed by atoms with Crippen LogP contribution in [0.25, 0.3) is 11.2 Å². The zero-order valence-corrected chi connectivity index (χ0v) is 23.4. The average Bonchev–Trinajstić information content (AvgIpc) is 3.39. The number of carbonyl (C=O) groups excluding carboxylic acids is 2. The number of benzene rings is 2. The van der Waals surface area contributed by atoms with E-state index in [4.69, 9.17) is 24.7 Å². The second kappa shape index (κ2) is 14.8. The van der Waals surface area contributed by atoms with E-state index in [-0.39, 0.29) is 49.6 Å². The molecular weight excluding hydrogens is 544 g/mol. The van der Waals surface area contributed by atoms with Gasteiger partial charge in [0.1, 0.15) is 32.1 Å². The number of hydrogen-bond acceptors (Lipinski definition) is 10. The molecule has 4 aromatic rings. The van der Waals surface area contributed by atoms with Crippen molar-refractivity contribution in [2.75, 3.05) is 18.9 Å². The second-order valence-electron chi connectivity index (χ2n) is 9.81. The third-order valence-electron chi connectivity index (χ3n) is 6.18. The molecule has 2 aromatic heterocycles. The van der Waals surface area contributed by atoms with Gasteiger partial charge in [-0.3, -0.25) is 14.3 Å². The molecule has 1 amide bonds. The van der Waals surface area contributed by atoms with Gasteiger partial charge in [0.25, 0.3) is 5.56 Å². The maximum Gasteiger partial charge on any atom is 0.408 e. The number of H-pyrrole nitrogens is 1. The molecule has 0 aliphatic carbocycles. The first-order valence-electron chi connectivity index (χ1n) is 13.4. The fraction of sp³-hybridized carbons (Fsp3) is 0.345. The fourth-order valence-electron chi connectivity index (χ4n) is 3.93. The quantitative estimate of drug-likeness (QED) is 0.189. The Morgan fingerprint density at radius 3 is 2.31 bits per heavy atom. The predicted molar refractivity (Wildman–Crippen MR) is 153 cm³/mol. The number of nitrogens with two attached hydrogens (primary N) is 1. The Hall–Kier alpha value is -4.75. The number of amides is 1. The number of nitrogens with one attached hydrogen (secondary N) is 2. The van der Waals surface area contributed by atoms with Gasteiger partial charge in [0.2, 0.25) is 5.95 Å². The molecule has 42 heavy (non-hydrogen) atoms. The normalized spacial score (nSPS) is 12.6. The van der Waals surface area contributed by atoms with Gasteiger partial charge < -0.3 is 30.0 Å². The van der Waals surface area contributed by atoms with Crippen LogP contribution < -0.4 is 16.6 Å². The van der Waals surface area contributed by atoms with Crippen LogP contribution in [0.2, 0.25) is 0 Å². The van der Waals surface area contributed by atoms with Crippen LogP contribution in [0, 0.1) is 5.92 Å². The molecule has 2 unspecified atom stereocenters. The minimum Gasteiger partial charge on any atom is -0.461 e. The van der Waals surface area contributed by atoms with E-state index < -0.39 is 29.8 Å². The molecule has 4 rings (SSSR count). The van der Waals surface area contributed by atoms with Gasteiger partial charge >= 0.3 is 12.1 Å². The SMILES string of the molecule is CC(C)C(NC(=O)OCc1ccccc1)C(=O)OCC(COCc1ccccc1)OCn1cnc2c(=O)[nH]c(N)nc21. The summed E-state index contributed by atoms with van der Waals surface area (Å²) in [5.74, 6) is -0.977. The van der Waals surface area contributed by atoms with E-state index in [9.17, 15) is 14.4 Å². The van der Waals surface area contributed by atoms with Gasteiger partial charge in [-0.15, -0.1) is 0 Å². The fourth-order valence-corrected chi connectivity index (χ4v) is 3.93. The summed E-state index contributed by atoms with van der Waals surface area (Å²) in [4.78, 5) is 48.1. The third kappa shape index (κ3) is 8.62. The average molecular weight is 579 g/mol. The number of nitrogens with zero attached hydrogens (tertiary/aromatic N) is 3. The number of fused-ring (bicyclic) bond motifs is 1. The third-order valence-corrected chi connectivity index (χ3v) is 6.18. The standard InChI is InChI=1S/C29H34N6O7/c1-19(2)23(32-29(38)41-14-21-11-7-4-8-12-21)27(37)40-16-22(15-39-13-20-9-5-3-6-10-20)42-18-35-17-31-24-25(35)33-28(30)34-26(24)36/h3-12,17,19,22-23H,13-16,18H2,1-2H3,(H,32,38)(H3,30,33,34,36). The van der Waals surface area contributed by atoms with Gasteiger partial charge in [-0.2, -0.15) is 4.98 Å². The highest BCUT2D eigenvalue weighted by Crippen LogP contribution is 2.11. The number of imidazole rings is 1. The van der Waals surface area contributed by atoms with Crippen molar-refractivity contribution in [3.8, 4) is 0 Å². The number of nitrogen functional groups attached to an aromatic ring is 1. The lowest BCUT2D eigenvalue weighted by atomic mass is 10.1. The molecule has 13 nitrogen and oxygen atoms in total. The molecule has 0 saturated carbocycles. The zero-order chi connectivity index (χ0) is 29.9. The number of anilines is 1. The summed E-state index contributed by atoms with van der Waals surface area (Å²) in [6.07, 6.45) is -0.0328. The minimum atomic E-state index is -0.948. The first kappa shape index (κ1) is 30.2. The van der Waals surface area contributed by atoms with Crippen molar-refractivity contribution in [2.24, 2.45) is 5.92 Å². The molecule has 2 aromatic carbocycles. The van der Waals surface area contributed by atoms with Gasteiger partial charge in [0.05, 0.1) is 19.5 Å². The zero-order valence-electron chi connectivity index (χ0n) is 23.4. The van der Waals surface area contributed by atoms with Crippen LogP contribution in [0.5, 0.6) is 0 Å². The van der Waals surface area contributed by atoms with E-state index in [0.29, 0.717) is 6.61 Å². The second-order valence-corrected chi connectivity index (χ2v) is 9.81. The molecule has 2 heterocycles.